The first kappa shape index (κ1) is 14.5. The molecule has 0 unspecified atom stereocenters. The van der Waals surface area contributed by atoms with Crippen LogP contribution >= 0.6 is 23.6 Å². The van der Waals surface area contributed by atoms with Gasteiger partial charge in [-0.2, -0.15) is 0 Å². The number of anilines is 1. The zero-order chi connectivity index (χ0) is 14.5. The van der Waals surface area contributed by atoms with Crippen molar-refractivity contribution in [2.75, 3.05) is 5.32 Å². The molecule has 1 amide bonds. The van der Waals surface area contributed by atoms with E-state index in [1.165, 1.54) is 11.3 Å². The van der Waals surface area contributed by atoms with Crippen LogP contribution in [0.15, 0.2) is 24.3 Å². The van der Waals surface area contributed by atoms with Gasteiger partial charge in [0, 0.05) is 5.56 Å². The first-order valence-corrected chi connectivity index (χ1v) is 7.32. The summed E-state index contributed by atoms with van der Waals surface area (Å²) in [7, 11) is 0. The fourth-order valence-corrected chi connectivity index (χ4v) is 2.39. The molecule has 1 aromatic heterocycles. The molecule has 0 aliphatic rings. The van der Waals surface area contributed by atoms with Crippen LogP contribution in [-0.2, 0) is 6.42 Å². The van der Waals surface area contributed by atoms with Crippen molar-refractivity contribution >= 4 is 39.7 Å². The Morgan fingerprint density at radius 2 is 2.00 bits per heavy atom. The van der Waals surface area contributed by atoms with Crippen LogP contribution in [0.5, 0.6) is 0 Å². The van der Waals surface area contributed by atoms with Crippen LogP contribution in [0.4, 0.5) is 5.13 Å². The number of hydrogen-bond donors (Lipinski definition) is 2. The van der Waals surface area contributed by atoms with Crippen molar-refractivity contribution in [1.29, 1.82) is 0 Å². The molecule has 2 N–H and O–H groups in total. The van der Waals surface area contributed by atoms with Gasteiger partial charge in [-0.15, -0.1) is 10.2 Å². The second-order valence-electron chi connectivity index (χ2n) is 4.13. The first-order chi connectivity index (χ1) is 9.58. The smallest absolute Gasteiger partial charge is 0.257 e. The highest BCUT2D eigenvalue weighted by molar-refractivity contribution is 7.80. The van der Waals surface area contributed by atoms with Gasteiger partial charge in [0.2, 0.25) is 5.13 Å². The highest BCUT2D eigenvalue weighted by Gasteiger charge is 2.09. The molecule has 2 rings (SSSR count). The van der Waals surface area contributed by atoms with Gasteiger partial charge in [0.25, 0.3) is 5.91 Å². The van der Waals surface area contributed by atoms with Gasteiger partial charge in [0.05, 0.1) is 0 Å². The Hall–Kier alpha value is -1.86. The molecule has 0 saturated carbocycles. The number of hydrogen-bond acceptors (Lipinski definition) is 5. The number of carbonyl (C=O) groups excluding carboxylic acids is 1. The van der Waals surface area contributed by atoms with Crippen molar-refractivity contribution in [3.05, 3.63) is 40.4 Å². The molecule has 1 aromatic carbocycles. The predicted molar refractivity (Wildman–Crippen MR) is 84.2 cm³/mol. The number of rotatable bonds is 3. The standard InChI is InChI=1S/C13H14N4OS2/c1-3-10-16-17-13(20-10)15-12(19)14-11(18)9-6-4-8(2)5-7-9/h4-7H,3H2,1-2H3,(H2,14,15,17,18,19). The Kier molecular flexibility index (Phi) is 4.75. The number of nitrogens with zero attached hydrogens (tertiary/aromatic N) is 2. The number of thiocarbonyl (C=S) groups is 1. The van der Waals surface area contributed by atoms with Gasteiger partial charge < -0.3 is 5.32 Å². The number of carbonyl (C=O) groups is 1. The van der Waals surface area contributed by atoms with Crippen LogP contribution in [0.25, 0.3) is 0 Å². The Morgan fingerprint density at radius 1 is 1.30 bits per heavy atom. The summed E-state index contributed by atoms with van der Waals surface area (Å²) in [6, 6.07) is 7.27. The number of amides is 1. The molecule has 1 heterocycles. The van der Waals surface area contributed by atoms with Crippen LogP contribution in [0.2, 0.25) is 0 Å². The topological polar surface area (TPSA) is 66.9 Å². The molecule has 0 aliphatic heterocycles. The van der Waals surface area contributed by atoms with Crippen LogP contribution in [0.3, 0.4) is 0 Å². The van der Waals surface area contributed by atoms with E-state index >= 15 is 0 Å². The van der Waals surface area contributed by atoms with Crippen LogP contribution in [0, 0.1) is 6.92 Å². The van der Waals surface area contributed by atoms with Gasteiger partial charge in [0.1, 0.15) is 5.01 Å². The van der Waals surface area contributed by atoms with E-state index in [0.29, 0.717) is 10.7 Å². The molecular formula is C13H14N4OS2. The van der Waals surface area contributed by atoms with E-state index in [2.05, 4.69) is 20.8 Å². The molecule has 0 bridgehead atoms. The molecule has 0 fully saturated rings. The third-order valence-electron chi connectivity index (χ3n) is 2.53. The summed E-state index contributed by atoms with van der Waals surface area (Å²) in [5.41, 5.74) is 1.66. The maximum atomic E-state index is 11.9. The van der Waals surface area contributed by atoms with E-state index in [9.17, 15) is 4.79 Å². The summed E-state index contributed by atoms with van der Waals surface area (Å²) in [4.78, 5) is 11.9. The van der Waals surface area contributed by atoms with Crippen LogP contribution in [0.1, 0.15) is 27.9 Å². The van der Waals surface area contributed by atoms with Crippen molar-refractivity contribution in [3.8, 4) is 0 Å². The summed E-state index contributed by atoms with van der Waals surface area (Å²) in [5, 5.41) is 15.1. The van der Waals surface area contributed by atoms with Gasteiger partial charge in [0.15, 0.2) is 5.11 Å². The van der Waals surface area contributed by atoms with Gasteiger partial charge in [-0.25, -0.2) is 0 Å². The minimum absolute atomic E-state index is 0.217. The number of benzene rings is 1. The molecule has 0 radical (unpaired) electrons. The minimum atomic E-state index is -0.247. The lowest BCUT2D eigenvalue weighted by molar-refractivity contribution is 0.0978. The first-order valence-electron chi connectivity index (χ1n) is 6.10. The van der Waals surface area contributed by atoms with Crippen molar-refractivity contribution in [3.63, 3.8) is 0 Å². The average molecular weight is 306 g/mol. The summed E-state index contributed by atoms with van der Waals surface area (Å²) in [5.74, 6) is -0.247. The quantitative estimate of drug-likeness (QED) is 0.853. The molecule has 5 nitrogen and oxygen atoms in total. The highest BCUT2D eigenvalue weighted by Crippen LogP contribution is 2.15. The van der Waals surface area contributed by atoms with Crippen molar-refractivity contribution in [2.45, 2.75) is 20.3 Å². The van der Waals surface area contributed by atoms with Gasteiger partial charge in [-0.1, -0.05) is 36.0 Å². The number of aromatic nitrogens is 2. The van der Waals surface area contributed by atoms with Gasteiger partial charge in [-0.3, -0.25) is 10.1 Å². The molecular weight excluding hydrogens is 292 g/mol. The Morgan fingerprint density at radius 3 is 2.60 bits per heavy atom. The Bertz CT molecular complexity index is 622. The minimum Gasteiger partial charge on any atom is -0.307 e. The summed E-state index contributed by atoms with van der Waals surface area (Å²) in [6.45, 7) is 3.97. The van der Waals surface area contributed by atoms with Crippen LogP contribution < -0.4 is 10.6 Å². The number of nitrogens with one attached hydrogen (secondary N) is 2. The van der Waals surface area contributed by atoms with Gasteiger partial charge >= 0.3 is 0 Å². The fourth-order valence-electron chi connectivity index (χ4n) is 1.46. The number of aryl methyl sites for hydroxylation is 2. The Labute approximate surface area is 126 Å². The fraction of sp³-hybridized carbons (Fsp3) is 0.231. The van der Waals surface area contributed by atoms with Gasteiger partial charge in [-0.05, 0) is 37.7 Å². The molecule has 0 aliphatic carbocycles. The lowest BCUT2D eigenvalue weighted by atomic mass is 10.1. The normalized spacial score (nSPS) is 10.1. The molecule has 0 spiro atoms. The van der Waals surface area contributed by atoms with Crippen molar-refractivity contribution < 1.29 is 4.79 Å². The van der Waals surface area contributed by atoms with E-state index < -0.39 is 0 Å². The third kappa shape index (κ3) is 3.82. The van der Waals surface area contributed by atoms with E-state index in [1.54, 1.807) is 12.1 Å². The third-order valence-corrected chi connectivity index (χ3v) is 3.72. The monoisotopic (exact) mass is 306 g/mol. The van der Waals surface area contributed by atoms with E-state index in [-0.39, 0.29) is 11.0 Å². The maximum Gasteiger partial charge on any atom is 0.257 e. The molecule has 20 heavy (non-hydrogen) atoms. The summed E-state index contributed by atoms with van der Waals surface area (Å²) < 4.78 is 0. The second kappa shape index (κ2) is 6.53. The zero-order valence-electron chi connectivity index (χ0n) is 11.1. The molecule has 0 atom stereocenters. The molecule has 0 saturated heterocycles. The lowest BCUT2D eigenvalue weighted by Crippen LogP contribution is -2.34. The van der Waals surface area contributed by atoms with E-state index in [1.807, 2.05) is 26.0 Å². The summed E-state index contributed by atoms with van der Waals surface area (Å²) in [6.07, 6.45) is 0.821. The lowest BCUT2D eigenvalue weighted by Gasteiger charge is -2.06. The average Bonchev–Trinajstić information content (AvgIpc) is 2.86. The zero-order valence-corrected chi connectivity index (χ0v) is 12.8. The highest BCUT2D eigenvalue weighted by atomic mass is 32.1. The largest absolute Gasteiger partial charge is 0.307 e. The predicted octanol–water partition coefficient (Wildman–Crippen LogP) is 2.54. The molecule has 2 aromatic rings. The van der Waals surface area contributed by atoms with Crippen molar-refractivity contribution in [2.24, 2.45) is 0 Å². The van der Waals surface area contributed by atoms with Crippen molar-refractivity contribution in [1.82, 2.24) is 15.5 Å². The SMILES string of the molecule is CCc1nnc(NC(=S)NC(=O)c2ccc(C)cc2)s1. The molecule has 7 heteroatoms. The Balaban J connectivity index is 1.94. The second-order valence-corrected chi connectivity index (χ2v) is 5.60. The van der Waals surface area contributed by atoms with Crippen LogP contribution in [-0.4, -0.2) is 21.2 Å². The summed E-state index contributed by atoms with van der Waals surface area (Å²) >= 11 is 6.49. The van der Waals surface area contributed by atoms with E-state index in [0.717, 1.165) is 17.0 Å². The molecule has 104 valence electrons. The van der Waals surface area contributed by atoms with E-state index in [4.69, 9.17) is 12.2 Å². The maximum absolute atomic E-state index is 11.9.